The molecular weight excluding hydrogens is 1720 g/mol. The number of unbranched alkanes of at least 4 members (excludes halogenated alkanes) is 2. The van der Waals surface area contributed by atoms with Crippen LogP contribution in [0.2, 0.25) is 0 Å². The molecule has 0 saturated carbocycles. The molecule has 5 aromatic rings. The van der Waals surface area contributed by atoms with Gasteiger partial charge in [-0.25, -0.2) is 55.9 Å². The number of halogens is 3. The first-order valence-corrected chi connectivity index (χ1v) is 46.6. The van der Waals surface area contributed by atoms with Crippen LogP contribution >= 0.6 is 74.5 Å². The molecule has 42 heteroatoms. The predicted molar refractivity (Wildman–Crippen MR) is 463 cm³/mol. The highest BCUT2D eigenvalue weighted by atomic mass is 32.2. The monoisotopic (exact) mass is 1840 g/mol. The van der Waals surface area contributed by atoms with Crippen LogP contribution in [0, 0.1) is 22.7 Å². The zero-order valence-corrected chi connectivity index (χ0v) is 77.5. The number of ether oxygens (including phenoxy) is 4. The fraction of sp³-hybridized carbons (Fsp3) is 0.620. The Morgan fingerprint density at radius 3 is 1.12 bits per heavy atom. The van der Waals surface area contributed by atoms with E-state index in [1.807, 2.05) is 41.5 Å². The van der Waals surface area contributed by atoms with Crippen molar-refractivity contribution in [3.63, 3.8) is 0 Å². The number of nitrogens with zero attached hydrogens (tertiary/aromatic N) is 8. The molecule has 121 heavy (non-hydrogen) atoms. The summed E-state index contributed by atoms with van der Waals surface area (Å²) in [4.78, 5) is 126. The van der Waals surface area contributed by atoms with Crippen LogP contribution < -0.4 is 41.7 Å². The summed E-state index contributed by atoms with van der Waals surface area (Å²) >= 11 is 5.66. The van der Waals surface area contributed by atoms with E-state index in [2.05, 4.69) is 15.0 Å². The highest BCUT2D eigenvalue weighted by molar-refractivity contribution is 8.14. The van der Waals surface area contributed by atoms with Gasteiger partial charge in [0.15, 0.2) is 28.0 Å². The lowest BCUT2D eigenvalue weighted by atomic mass is 9.99. The molecule has 0 spiro atoms. The number of aliphatic hydroxyl groups is 2. The zero-order valence-electron chi connectivity index (χ0n) is 71.6. The van der Waals surface area contributed by atoms with Gasteiger partial charge in [0.2, 0.25) is 0 Å². The zero-order chi connectivity index (χ0) is 90.7. The van der Waals surface area contributed by atoms with Crippen molar-refractivity contribution >= 4 is 127 Å². The molecule has 3 aromatic heterocycles. The molecule has 674 valence electrons. The third-order valence-electron chi connectivity index (χ3n) is 16.9. The average molecular weight is 1840 g/mol. The van der Waals surface area contributed by atoms with E-state index in [1.54, 1.807) is 158 Å². The third-order valence-corrected chi connectivity index (χ3v) is 27.3. The normalized spacial score (nSPS) is 22.3. The van der Waals surface area contributed by atoms with Gasteiger partial charge < -0.3 is 43.9 Å². The van der Waals surface area contributed by atoms with Gasteiger partial charge in [0.25, 0.3) is 0 Å². The third kappa shape index (κ3) is 32.2. The molecule has 3 saturated heterocycles. The number of anilines is 3. The van der Waals surface area contributed by atoms with Crippen molar-refractivity contribution in [3.05, 3.63) is 129 Å². The van der Waals surface area contributed by atoms with Crippen LogP contribution in [0.5, 0.6) is 11.5 Å². The van der Waals surface area contributed by atoms with Crippen LogP contribution in [0.15, 0.2) is 112 Å². The van der Waals surface area contributed by atoms with Gasteiger partial charge in [-0.1, -0.05) is 115 Å². The first-order chi connectivity index (χ1) is 56.0. The Balaban J connectivity index is 0.000000292. The van der Waals surface area contributed by atoms with Gasteiger partial charge in [0.05, 0.1) is 38.3 Å². The smallest absolute Gasteiger partial charge is 0.443 e. The van der Waals surface area contributed by atoms with E-state index < -0.39 is 153 Å². The second kappa shape index (κ2) is 44.3. The molecule has 0 bridgehead atoms. The van der Waals surface area contributed by atoms with E-state index in [1.165, 1.54) is 60.3 Å². The fourth-order valence-electron chi connectivity index (χ4n) is 10.7. The summed E-state index contributed by atoms with van der Waals surface area (Å²) in [6.07, 6.45) is -4.47. The first-order valence-electron chi connectivity index (χ1n) is 38.9. The van der Waals surface area contributed by atoms with Crippen molar-refractivity contribution in [1.82, 2.24) is 28.7 Å². The number of thioether (sulfide) groups is 5. The summed E-state index contributed by atoms with van der Waals surface area (Å²) in [5.41, 5.74) is -1.66. The number of nitrogen functional groups attached to an aromatic ring is 1. The minimum atomic E-state index is -4.19. The second-order valence-corrected chi connectivity index (χ2v) is 43.6. The van der Waals surface area contributed by atoms with Gasteiger partial charge in [-0.05, 0) is 151 Å². The quantitative estimate of drug-likeness (QED) is 0.0238. The molecule has 32 nitrogen and oxygen atoms in total. The molecule has 2 aromatic carbocycles. The number of alkyl halides is 3. The summed E-state index contributed by atoms with van der Waals surface area (Å²) in [6, 6.07) is 20.5. The average Bonchev–Trinajstić information content (AvgIpc) is 1.68. The maximum Gasteiger partial charge on any atom is 0.530 e. The number of phosphoric ester groups is 2. The van der Waals surface area contributed by atoms with Crippen molar-refractivity contribution in [2.75, 3.05) is 60.1 Å². The van der Waals surface area contributed by atoms with E-state index in [4.69, 9.17) is 51.8 Å². The highest BCUT2D eigenvalue weighted by Gasteiger charge is 2.49. The van der Waals surface area contributed by atoms with E-state index >= 15 is 4.39 Å². The van der Waals surface area contributed by atoms with E-state index in [0.29, 0.717) is 47.0 Å². The Hall–Kier alpha value is -6.94. The SMILES string of the molecule is CC(C)(C)C(=O)SCCCCOP(=O)(OC[C@H]1S[C@@H](n2ccc(N)nc2=O)[C@@H](F)[C@@H]1O)Oc1ccccc1.C[C@H]1[C@H](F)[C@H](n2ccc(N(C(=O)OC(C)(C)C)C(=O)OC(C)(C)C)nc2=O)S[C@@H]1CO.C[C@H]1[C@H](F)[C@H](n2ccc(N(C(=O)OC(C)(C)C)C(=O)OC(C)(C)C)nc2=O)S[C@@H]1COP(=O)(OCCCCSC(=O)C(C)(C)C)Oc1ccccc1. The summed E-state index contributed by atoms with van der Waals surface area (Å²) < 4.78 is 131. The van der Waals surface area contributed by atoms with Gasteiger partial charge in [0, 0.05) is 63.3 Å². The van der Waals surface area contributed by atoms with Gasteiger partial charge in [-0.15, -0.1) is 35.3 Å². The number of benzene rings is 2. The Morgan fingerprint density at radius 1 is 0.471 bits per heavy atom. The molecule has 14 atom stereocenters. The molecule has 0 aliphatic carbocycles. The maximum atomic E-state index is 15.8. The lowest BCUT2D eigenvalue weighted by Gasteiger charge is -2.28. The number of phosphoric acid groups is 2. The Bertz CT molecular complexity index is 4530. The lowest BCUT2D eigenvalue weighted by Crippen LogP contribution is -2.45. The number of nitrogens with two attached hydrogens (primary N) is 1. The van der Waals surface area contributed by atoms with Gasteiger partial charge in [0.1, 0.15) is 74.3 Å². The predicted octanol–water partition coefficient (Wildman–Crippen LogP) is 16.8. The molecule has 4 amide bonds. The topological polar surface area (TPSA) is 406 Å². The van der Waals surface area contributed by atoms with Gasteiger partial charge in [-0.2, -0.15) is 24.8 Å². The summed E-state index contributed by atoms with van der Waals surface area (Å²) in [5, 5.41) is 15.2. The van der Waals surface area contributed by atoms with Crippen LogP contribution in [0.4, 0.5) is 49.8 Å². The summed E-state index contributed by atoms with van der Waals surface area (Å²) in [7, 11) is -8.35. The number of amides is 4. The second-order valence-electron chi connectivity index (χ2n) is 34.2. The van der Waals surface area contributed by atoms with Crippen molar-refractivity contribution in [2.45, 2.75) is 243 Å². The number of hydrogen-bond donors (Lipinski definition) is 3. The molecule has 4 N–H and O–H groups in total. The van der Waals surface area contributed by atoms with Crippen LogP contribution in [0.3, 0.4) is 0 Å². The van der Waals surface area contributed by atoms with Crippen LogP contribution in [0.25, 0.3) is 0 Å². The first kappa shape index (κ1) is 103. The van der Waals surface area contributed by atoms with Crippen LogP contribution in [-0.2, 0) is 55.8 Å². The number of para-hydroxylation sites is 2. The number of carbonyl (C=O) groups is 6. The van der Waals surface area contributed by atoms with Crippen LogP contribution in [-0.4, -0.2) is 181 Å². The number of rotatable bonds is 28. The molecule has 3 aliphatic rings. The fourth-order valence-corrected chi connectivity index (χ4v) is 19.8. The largest absolute Gasteiger partial charge is 0.530 e. The van der Waals surface area contributed by atoms with Crippen molar-refractivity contribution in [3.8, 4) is 11.5 Å². The van der Waals surface area contributed by atoms with Crippen LogP contribution in [0.1, 0.15) is 180 Å². The number of carbonyl (C=O) groups excluding carboxylic acids is 6. The van der Waals surface area contributed by atoms with E-state index in [0.717, 1.165) is 49.0 Å². The molecule has 8 rings (SSSR count). The Kier molecular flexibility index (Phi) is 37.6. The van der Waals surface area contributed by atoms with Crippen molar-refractivity contribution < 1.29 is 107 Å². The minimum absolute atomic E-state index is 0.000584. The molecule has 3 aliphatic heterocycles. The Labute approximate surface area is 724 Å². The molecule has 3 fully saturated rings. The van der Waals surface area contributed by atoms with Gasteiger partial charge in [-0.3, -0.25) is 41.4 Å². The standard InChI is InChI=1S/C35H51FN3O10PS2.C24H33FN3O7PS2.C20H30FN3O6S/c1-23-25(22-46-50(44,49-24-16-12-11-13-17-24)45-20-14-15-21-51-29(40)33(2,3)4)52-28(27(23)36)38-19-18-26(37-30(38)41)39(31(42)47-34(5,6)7)32(43)48-35(8,9)10;1-24(2,3)22(30)37-14-8-7-13-33-36(32,35-16-9-5-4-6-10-16)34-15-17-20(29)19(25)21(38-17)28-12-11-18(26)27-23(28)31;1-11-12(10-25)31-15(14(11)21)23-9-8-13(22-16(23)26)24(17(27)29-19(2,3)4)18(28)30-20(5,6)7/h11-13,16-19,23,25,27-28H,14-15,20-22H2,1-10H3;4-6,9-12,17,19-21,29H,7-8,13-15H2,1-3H3,(H2,26,27,31);8-9,11-12,14-15,25H,10H2,1-7H3/t23-,25-,27+,28-,50?;17-,19+,20-,21-,36?;11-,12-,14+,15-/m111/s1. The number of imide groups is 2. The molecular formula is C79H114F3N9O23P2S5. The molecule has 2 unspecified atom stereocenters. The lowest BCUT2D eigenvalue weighted by molar-refractivity contribution is -0.118. The number of aliphatic hydroxyl groups excluding tert-OH is 2. The van der Waals surface area contributed by atoms with E-state index in [9.17, 15) is 71.3 Å². The molecule has 6 heterocycles. The highest BCUT2D eigenvalue weighted by Crippen LogP contribution is 2.55. The minimum Gasteiger partial charge on any atom is -0.443 e. The Morgan fingerprint density at radius 2 is 0.793 bits per heavy atom. The number of aromatic nitrogens is 6. The van der Waals surface area contributed by atoms with E-state index in [-0.39, 0.29) is 77.5 Å². The van der Waals surface area contributed by atoms with Crippen molar-refractivity contribution in [2.24, 2.45) is 22.7 Å². The summed E-state index contributed by atoms with van der Waals surface area (Å²) in [6.45, 7) is 33.2. The molecule has 0 radical (unpaired) electrons. The number of hydrogen-bond acceptors (Lipinski definition) is 32. The summed E-state index contributed by atoms with van der Waals surface area (Å²) in [5.74, 6) is -0.0849. The van der Waals surface area contributed by atoms with Gasteiger partial charge >= 0.3 is 57.1 Å². The maximum absolute atomic E-state index is 15.8. The van der Waals surface area contributed by atoms with Crippen molar-refractivity contribution in [1.29, 1.82) is 0 Å².